The van der Waals surface area contributed by atoms with E-state index >= 15 is 0 Å². The van der Waals surface area contributed by atoms with Crippen LogP contribution in [0.4, 0.5) is 5.69 Å². The molecule has 0 aliphatic heterocycles. The Morgan fingerprint density at radius 2 is 1.71 bits per heavy atom. The lowest BCUT2D eigenvalue weighted by atomic mass is 10.1. The summed E-state index contributed by atoms with van der Waals surface area (Å²) in [4.78, 5) is 46.4. The van der Waals surface area contributed by atoms with Gasteiger partial charge in [0.05, 0.1) is 17.3 Å². The number of amides is 2. The minimum atomic E-state index is -4.08. The van der Waals surface area contributed by atoms with Gasteiger partial charge in [-0.05, 0) is 37.9 Å². The molecule has 0 saturated heterocycles. The number of nitrogens with two attached hydrogens (primary N) is 2. The van der Waals surface area contributed by atoms with Crippen LogP contribution in [0.25, 0.3) is 10.8 Å². The Balaban J connectivity index is 1.72. The van der Waals surface area contributed by atoms with Gasteiger partial charge in [0.25, 0.3) is 0 Å². The van der Waals surface area contributed by atoms with Crippen molar-refractivity contribution in [3.05, 3.63) is 54.6 Å². The highest BCUT2D eigenvalue weighted by atomic mass is 32.2. The highest BCUT2D eigenvalue weighted by molar-refractivity contribution is 7.89. The maximum absolute atomic E-state index is 13.2. The number of unbranched alkanes of at least 4 members (excludes halogenated alkanes) is 1. The van der Waals surface area contributed by atoms with Crippen LogP contribution in [0.3, 0.4) is 0 Å². The number of H-pyrrole nitrogens is 1. The SMILES string of the molecule is CN(C)c1cccc2c(S(=O)(=O)NC[C@H](N)C(=O)N[C@@H](Cc3cnc[nH]3)C(=O)N[C@@H](CCCCN)C(=O)O)cccc12. The highest BCUT2D eigenvalue weighted by Crippen LogP contribution is 2.30. The number of aliphatic carboxylic acids is 1. The largest absolute Gasteiger partial charge is 0.480 e. The molecule has 9 N–H and O–H groups in total. The second-order valence-corrected chi connectivity index (χ2v) is 11.7. The minimum Gasteiger partial charge on any atom is -0.480 e. The quantitative estimate of drug-likeness (QED) is 0.106. The number of nitrogens with one attached hydrogen (secondary N) is 4. The summed E-state index contributed by atoms with van der Waals surface area (Å²) in [7, 11) is -0.362. The normalized spacial score (nSPS) is 13.7. The molecule has 228 valence electrons. The smallest absolute Gasteiger partial charge is 0.326 e. The van der Waals surface area contributed by atoms with E-state index in [4.69, 9.17) is 11.5 Å². The van der Waals surface area contributed by atoms with E-state index in [0.29, 0.717) is 30.5 Å². The van der Waals surface area contributed by atoms with Gasteiger partial charge in [0.15, 0.2) is 0 Å². The lowest BCUT2D eigenvalue weighted by molar-refractivity contribution is -0.142. The predicted octanol–water partition coefficient (Wildman–Crippen LogP) is -0.340. The number of anilines is 1. The number of aromatic nitrogens is 2. The molecular weight excluding hydrogens is 564 g/mol. The van der Waals surface area contributed by atoms with Crippen molar-refractivity contribution in [2.45, 2.75) is 48.7 Å². The summed E-state index contributed by atoms with van der Waals surface area (Å²) in [5, 5.41) is 15.8. The van der Waals surface area contributed by atoms with E-state index in [0.717, 1.165) is 11.1 Å². The fraction of sp³-hybridized carbons (Fsp3) is 0.407. The third kappa shape index (κ3) is 8.48. The summed E-state index contributed by atoms with van der Waals surface area (Å²) < 4.78 is 28.9. The van der Waals surface area contributed by atoms with E-state index in [-0.39, 0.29) is 17.7 Å². The van der Waals surface area contributed by atoms with Crippen molar-refractivity contribution in [3.63, 3.8) is 0 Å². The second kappa shape index (κ2) is 14.7. The molecule has 0 unspecified atom stereocenters. The van der Waals surface area contributed by atoms with Crippen LogP contribution >= 0.6 is 0 Å². The van der Waals surface area contributed by atoms with Crippen LogP contribution in [-0.4, -0.2) is 86.6 Å². The van der Waals surface area contributed by atoms with Gasteiger partial charge >= 0.3 is 5.97 Å². The van der Waals surface area contributed by atoms with Crippen LogP contribution in [0, 0.1) is 0 Å². The maximum Gasteiger partial charge on any atom is 0.326 e. The van der Waals surface area contributed by atoms with Gasteiger partial charge in [-0.1, -0.05) is 24.3 Å². The highest BCUT2D eigenvalue weighted by Gasteiger charge is 2.29. The number of carbonyl (C=O) groups excluding carboxylic acids is 2. The molecule has 42 heavy (non-hydrogen) atoms. The van der Waals surface area contributed by atoms with Crippen LogP contribution < -0.4 is 31.7 Å². The number of aromatic amines is 1. The first-order chi connectivity index (χ1) is 19.9. The average molecular weight is 603 g/mol. The molecule has 3 rings (SSSR count). The molecule has 0 aliphatic rings. The van der Waals surface area contributed by atoms with E-state index in [1.165, 1.54) is 18.6 Å². The number of nitrogens with zero attached hydrogens (tertiary/aromatic N) is 2. The standard InChI is InChI=1S/C27H38N8O6S/c1-35(2)23-10-5-8-19-18(23)7-6-11-24(19)42(40,41)32-15-20(29)25(36)34-22(13-17-14-30-16-31-17)26(37)33-21(27(38)39)9-3-4-12-28/h5-8,10-11,14,16,20-22,32H,3-4,9,12-13,15,28-29H2,1-2H3,(H,30,31)(H,33,37)(H,34,36)(H,38,39)/t20-,21-,22-/m0/s1. The van der Waals surface area contributed by atoms with Gasteiger partial charge in [-0.2, -0.15) is 0 Å². The molecule has 14 nitrogen and oxygen atoms in total. The number of imidazole rings is 1. The van der Waals surface area contributed by atoms with Crippen molar-refractivity contribution < 1.29 is 27.9 Å². The van der Waals surface area contributed by atoms with Gasteiger partial charge in [0.1, 0.15) is 12.1 Å². The zero-order chi connectivity index (χ0) is 30.9. The first-order valence-corrected chi connectivity index (χ1v) is 14.9. The van der Waals surface area contributed by atoms with Crippen LogP contribution in [0.2, 0.25) is 0 Å². The fourth-order valence-corrected chi connectivity index (χ4v) is 5.67. The Hall–Kier alpha value is -4.05. The van der Waals surface area contributed by atoms with Crippen LogP contribution in [0.5, 0.6) is 0 Å². The Morgan fingerprint density at radius 1 is 1.02 bits per heavy atom. The van der Waals surface area contributed by atoms with Crippen LogP contribution in [0.15, 0.2) is 53.8 Å². The van der Waals surface area contributed by atoms with Crippen molar-refractivity contribution in [2.24, 2.45) is 11.5 Å². The molecule has 0 aliphatic carbocycles. The summed E-state index contributed by atoms with van der Waals surface area (Å²) in [6, 6.07) is 6.50. The number of fused-ring (bicyclic) bond motifs is 1. The first kappa shape index (κ1) is 32.5. The molecule has 1 heterocycles. The maximum atomic E-state index is 13.2. The Labute approximate surface area is 244 Å². The predicted molar refractivity (Wildman–Crippen MR) is 158 cm³/mol. The number of carboxylic acid groups (broad SMARTS) is 1. The van der Waals surface area contributed by atoms with Gasteiger partial charge in [-0.15, -0.1) is 0 Å². The Kier molecular flexibility index (Phi) is 11.4. The number of sulfonamides is 1. The summed E-state index contributed by atoms with van der Waals surface area (Å²) in [5.74, 6) is -2.76. The summed E-state index contributed by atoms with van der Waals surface area (Å²) in [6.45, 7) is -0.0643. The monoisotopic (exact) mass is 602 g/mol. The molecule has 0 saturated carbocycles. The van der Waals surface area contributed by atoms with Crippen molar-refractivity contribution in [2.75, 3.05) is 32.1 Å². The third-order valence-corrected chi connectivity index (χ3v) is 8.12. The van der Waals surface area contributed by atoms with E-state index in [1.54, 1.807) is 18.2 Å². The van der Waals surface area contributed by atoms with Gasteiger partial charge in [-0.3, -0.25) is 9.59 Å². The van der Waals surface area contributed by atoms with Crippen molar-refractivity contribution in [3.8, 4) is 0 Å². The molecule has 1 aromatic heterocycles. The lowest BCUT2D eigenvalue weighted by Gasteiger charge is -2.23. The number of rotatable bonds is 16. The topological polar surface area (TPSA) is 226 Å². The molecule has 0 bridgehead atoms. The zero-order valence-corrected chi connectivity index (χ0v) is 24.4. The average Bonchev–Trinajstić information content (AvgIpc) is 3.47. The summed E-state index contributed by atoms with van der Waals surface area (Å²) in [5.41, 5.74) is 12.9. The Bertz CT molecular complexity index is 1480. The zero-order valence-electron chi connectivity index (χ0n) is 23.5. The Morgan fingerprint density at radius 3 is 2.36 bits per heavy atom. The number of hydrogen-bond donors (Lipinski definition) is 7. The molecule has 0 fully saturated rings. The number of benzene rings is 2. The van der Waals surface area contributed by atoms with E-state index in [1.807, 2.05) is 31.1 Å². The molecule has 3 aromatic rings. The van der Waals surface area contributed by atoms with E-state index in [9.17, 15) is 27.9 Å². The van der Waals surface area contributed by atoms with Gasteiger partial charge in [-0.25, -0.2) is 22.9 Å². The van der Waals surface area contributed by atoms with Crippen molar-refractivity contribution >= 4 is 44.3 Å². The summed E-state index contributed by atoms with van der Waals surface area (Å²) in [6.07, 6.45) is 4.07. The van der Waals surface area contributed by atoms with Crippen LogP contribution in [-0.2, 0) is 30.8 Å². The minimum absolute atomic E-state index is 0.0298. The van der Waals surface area contributed by atoms with Gasteiger partial charge in [0.2, 0.25) is 21.8 Å². The number of carbonyl (C=O) groups is 3. The number of hydrogen-bond acceptors (Lipinski definition) is 9. The molecule has 2 aromatic carbocycles. The molecular formula is C27H38N8O6S. The van der Waals surface area contributed by atoms with Crippen LogP contribution in [0.1, 0.15) is 25.0 Å². The lowest BCUT2D eigenvalue weighted by Crippen LogP contribution is -2.56. The molecule has 3 atom stereocenters. The number of carboxylic acids is 1. The van der Waals surface area contributed by atoms with E-state index in [2.05, 4.69) is 25.3 Å². The molecule has 15 heteroatoms. The van der Waals surface area contributed by atoms with Crippen molar-refractivity contribution in [1.29, 1.82) is 0 Å². The molecule has 0 radical (unpaired) electrons. The third-order valence-electron chi connectivity index (χ3n) is 6.63. The van der Waals surface area contributed by atoms with Gasteiger partial charge in [0, 0.05) is 55.4 Å². The second-order valence-electron chi connectivity index (χ2n) is 10.0. The summed E-state index contributed by atoms with van der Waals surface area (Å²) >= 11 is 0. The molecule has 2 amide bonds. The molecule has 0 spiro atoms. The van der Waals surface area contributed by atoms with E-state index < -0.39 is 52.5 Å². The van der Waals surface area contributed by atoms with Crippen molar-refractivity contribution in [1.82, 2.24) is 25.3 Å². The first-order valence-electron chi connectivity index (χ1n) is 13.4. The van der Waals surface area contributed by atoms with Gasteiger partial charge < -0.3 is 37.1 Å². The fourth-order valence-electron chi connectivity index (χ4n) is 4.39.